The van der Waals surface area contributed by atoms with Crippen molar-refractivity contribution in [1.82, 2.24) is 25.3 Å². The molecule has 11 nitrogen and oxygen atoms in total. The monoisotopic (exact) mass is 771 g/mol. The van der Waals surface area contributed by atoms with Crippen LogP contribution in [0.5, 0.6) is 5.75 Å². The average molecular weight is 772 g/mol. The first-order chi connectivity index (χ1) is 27.5. The fourth-order valence-electron chi connectivity index (χ4n) is 7.75. The van der Waals surface area contributed by atoms with Crippen LogP contribution in [-0.4, -0.2) is 96.2 Å². The molecule has 0 bridgehead atoms. The summed E-state index contributed by atoms with van der Waals surface area (Å²) in [6, 6.07) is 29.2. The molecule has 5 aromatic rings. The van der Waals surface area contributed by atoms with Gasteiger partial charge in [-0.2, -0.15) is 0 Å². The molecule has 0 aromatic heterocycles. The number of fused-ring (bicyclic) bond motifs is 4. The van der Waals surface area contributed by atoms with E-state index in [1.807, 2.05) is 84.9 Å². The van der Waals surface area contributed by atoms with Gasteiger partial charge in [0.25, 0.3) is 5.91 Å². The van der Waals surface area contributed by atoms with Crippen LogP contribution in [0, 0.1) is 5.82 Å². The van der Waals surface area contributed by atoms with Gasteiger partial charge in [0.15, 0.2) is 0 Å². The van der Waals surface area contributed by atoms with Crippen LogP contribution in [0.2, 0.25) is 0 Å². The van der Waals surface area contributed by atoms with Gasteiger partial charge in [0, 0.05) is 52.6 Å². The molecule has 57 heavy (non-hydrogen) atoms. The van der Waals surface area contributed by atoms with Crippen molar-refractivity contribution in [1.29, 1.82) is 0 Å². The van der Waals surface area contributed by atoms with Gasteiger partial charge < -0.3 is 30.1 Å². The van der Waals surface area contributed by atoms with Crippen molar-refractivity contribution in [3.63, 3.8) is 0 Å². The number of benzene rings is 5. The van der Waals surface area contributed by atoms with Crippen molar-refractivity contribution < 1.29 is 33.1 Å². The minimum Gasteiger partial charge on any atom is -0.491 e. The minimum absolute atomic E-state index is 0.0107. The smallest absolute Gasteiger partial charge is 0.258 e. The molecule has 2 heterocycles. The zero-order valence-electron chi connectivity index (χ0n) is 32.1. The number of nitrogens with one attached hydrogen (secondary N) is 2. The fraction of sp³-hybridized carbons (Fsp3) is 0.311. The number of nitrogens with zero attached hydrogens (tertiary/aromatic N) is 3. The summed E-state index contributed by atoms with van der Waals surface area (Å²) < 4.78 is 21.0. The highest BCUT2D eigenvalue weighted by Gasteiger charge is 2.37. The molecule has 5 aromatic carbocycles. The van der Waals surface area contributed by atoms with Crippen LogP contribution in [0.4, 0.5) is 4.39 Å². The Kier molecular flexibility index (Phi) is 11.8. The third-order valence-electron chi connectivity index (χ3n) is 11.0. The van der Waals surface area contributed by atoms with Gasteiger partial charge in [-0.1, -0.05) is 78.9 Å². The van der Waals surface area contributed by atoms with Crippen LogP contribution in [0.25, 0.3) is 21.5 Å². The van der Waals surface area contributed by atoms with Gasteiger partial charge in [-0.3, -0.25) is 24.0 Å². The predicted octanol–water partition coefficient (Wildman–Crippen LogP) is 5.24. The van der Waals surface area contributed by atoms with Gasteiger partial charge in [-0.15, -0.1) is 0 Å². The largest absolute Gasteiger partial charge is 0.491 e. The van der Waals surface area contributed by atoms with Crippen molar-refractivity contribution >= 4 is 51.1 Å². The predicted molar refractivity (Wildman–Crippen MR) is 215 cm³/mol. The highest BCUT2D eigenvalue weighted by molar-refractivity contribution is 6.00. The summed E-state index contributed by atoms with van der Waals surface area (Å²) in [4.78, 5) is 72.6. The van der Waals surface area contributed by atoms with Crippen LogP contribution >= 0.6 is 0 Å². The quantitative estimate of drug-likeness (QED) is 0.243. The zero-order valence-corrected chi connectivity index (χ0v) is 32.1. The molecule has 2 aliphatic rings. The molecular weight excluding hydrogens is 726 g/mol. The second-order valence-corrected chi connectivity index (χ2v) is 14.9. The molecule has 0 spiro atoms. The molecule has 12 heteroatoms. The van der Waals surface area contributed by atoms with Crippen molar-refractivity contribution in [2.45, 2.75) is 56.8 Å². The van der Waals surface area contributed by atoms with Crippen molar-refractivity contribution in [3.8, 4) is 5.75 Å². The normalized spacial score (nSPS) is 19.6. The van der Waals surface area contributed by atoms with Crippen LogP contribution in [0.15, 0.2) is 103 Å². The summed E-state index contributed by atoms with van der Waals surface area (Å²) in [5.74, 6) is -2.42. The van der Waals surface area contributed by atoms with Gasteiger partial charge in [-0.25, -0.2) is 4.39 Å². The van der Waals surface area contributed by atoms with E-state index in [4.69, 9.17) is 4.74 Å². The molecule has 2 aliphatic heterocycles. The SMILES string of the molecule is CN1CCC(=O)N2C[C@H](NC(=O)Cc3ccc4ccccc4c3)C[C@H]2COc2ccc(F)cc2C(=O)N(C)[C@H](C(=O)NCc2ccc3ccccc3c2)CCC1=O. The minimum atomic E-state index is -1.08. The molecule has 294 valence electrons. The van der Waals surface area contributed by atoms with E-state index in [1.54, 1.807) is 11.9 Å². The number of rotatable bonds is 6. The molecule has 1 fully saturated rings. The lowest BCUT2D eigenvalue weighted by molar-refractivity contribution is -0.135. The Balaban J connectivity index is 1.08. The van der Waals surface area contributed by atoms with E-state index in [-0.39, 0.29) is 87.0 Å². The number of ether oxygens (including phenoxy) is 1. The molecular formula is C45H46FN5O6. The number of halogens is 1. The van der Waals surface area contributed by atoms with Crippen molar-refractivity contribution in [3.05, 3.63) is 126 Å². The number of hydrogen-bond acceptors (Lipinski definition) is 6. The Morgan fingerprint density at radius 1 is 0.789 bits per heavy atom. The Bertz CT molecular complexity index is 2330. The molecule has 0 saturated carbocycles. The Labute approximate surface area is 330 Å². The first-order valence-electron chi connectivity index (χ1n) is 19.3. The number of likely N-dealkylation sites (N-methyl/N-ethyl adjacent to an activating group) is 1. The second kappa shape index (κ2) is 17.2. The summed E-state index contributed by atoms with van der Waals surface area (Å²) in [7, 11) is 3.05. The van der Waals surface area contributed by atoms with Crippen molar-refractivity contribution in [2.24, 2.45) is 0 Å². The molecule has 3 atom stereocenters. The number of amides is 5. The van der Waals surface area contributed by atoms with E-state index in [1.165, 1.54) is 29.0 Å². The van der Waals surface area contributed by atoms with E-state index >= 15 is 0 Å². The van der Waals surface area contributed by atoms with Gasteiger partial charge in [-0.05, 0) is 69.8 Å². The highest BCUT2D eigenvalue weighted by atomic mass is 19.1. The summed E-state index contributed by atoms with van der Waals surface area (Å²) in [5.41, 5.74) is 1.62. The maximum absolute atomic E-state index is 14.8. The molecule has 1 saturated heterocycles. The molecule has 0 aliphatic carbocycles. The molecule has 5 amide bonds. The second-order valence-electron chi connectivity index (χ2n) is 14.9. The third-order valence-corrected chi connectivity index (χ3v) is 11.0. The van der Waals surface area contributed by atoms with Crippen LogP contribution < -0.4 is 15.4 Å². The third kappa shape index (κ3) is 9.23. The fourth-order valence-corrected chi connectivity index (χ4v) is 7.75. The first-order valence-corrected chi connectivity index (χ1v) is 19.3. The first kappa shape index (κ1) is 39.0. The van der Waals surface area contributed by atoms with E-state index in [0.717, 1.165) is 38.7 Å². The van der Waals surface area contributed by atoms with Crippen LogP contribution in [0.1, 0.15) is 47.2 Å². The van der Waals surface area contributed by atoms with Gasteiger partial charge in [0.1, 0.15) is 24.2 Å². The number of carbonyl (C=O) groups excluding carboxylic acids is 5. The lowest BCUT2D eigenvalue weighted by atomic mass is 10.0. The maximum atomic E-state index is 14.8. The lowest BCUT2D eigenvalue weighted by Gasteiger charge is -2.30. The molecule has 7 rings (SSSR count). The van der Waals surface area contributed by atoms with Crippen LogP contribution in [-0.2, 0) is 32.1 Å². The molecule has 0 radical (unpaired) electrons. The van der Waals surface area contributed by atoms with E-state index in [0.29, 0.717) is 6.42 Å². The molecule has 2 N–H and O–H groups in total. The maximum Gasteiger partial charge on any atom is 0.258 e. The van der Waals surface area contributed by atoms with Gasteiger partial charge in [0.2, 0.25) is 23.6 Å². The summed E-state index contributed by atoms with van der Waals surface area (Å²) in [6.45, 7) is 0.524. The van der Waals surface area contributed by atoms with Crippen LogP contribution in [0.3, 0.4) is 0 Å². The summed E-state index contributed by atoms with van der Waals surface area (Å²) in [6.07, 6.45) is 0.490. The van der Waals surface area contributed by atoms with Gasteiger partial charge in [0.05, 0.1) is 18.0 Å². The van der Waals surface area contributed by atoms with E-state index in [2.05, 4.69) is 10.6 Å². The highest BCUT2D eigenvalue weighted by Crippen LogP contribution is 2.27. The lowest BCUT2D eigenvalue weighted by Crippen LogP contribution is -2.48. The number of hydrogen-bond donors (Lipinski definition) is 2. The average Bonchev–Trinajstić information content (AvgIpc) is 3.62. The molecule has 0 unspecified atom stereocenters. The van der Waals surface area contributed by atoms with Gasteiger partial charge >= 0.3 is 0 Å². The standard InChI is InChI=1S/C45H46FN5O6/c1-49-20-19-43(54)51-27-36(48-41(52)23-29-11-13-31-7-3-5-9-33(31)21-29)25-37(51)28-57-40-17-15-35(46)24-38(40)45(56)50(2)39(16-18-42(49)53)44(55)47-26-30-12-14-32-8-4-6-10-34(32)22-30/h3-15,17,21-22,24,36-37,39H,16,18-20,23,25-28H2,1-2H3,(H,47,55)(H,48,52)/t36-,37+,39+/m1/s1. The Morgan fingerprint density at radius 2 is 1.46 bits per heavy atom. The summed E-state index contributed by atoms with van der Waals surface area (Å²) >= 11 is 0. The zero-order chi connectivity index (χ0) is 40.1. The summed E-state index contributed by atoms with van der Waals surface area (Å²) in [5, 5.41) is 10.2. The number of carbonyl (C=O) groups is 5. The Morgan fingerprint density at radius 3 is 2.18 bits per heavy atom. The van der Waals surface area contributed by atoms with Crippen molar-refractivity contribution in [2.75, 3.05) is 33.8 Å². The Hall–Kier alpha value is -6.30. The van der Waals surface area contributed by atoms with E-state index < -0.39 is 29.7 Å². The topological polar surface area (TPSA) is 128 Å². The van der Waals surface area contributed by atoms with E-state index in [9.17, 15) is 28.4 Å².